The van der Waals surface area contributed by atoms with Crippen LogP contribution in [-0.2, 0) is 19.8 Å². The van der Waals surface area contributed by atoms with Gasteiger partial charge in [0.25, 0.3) is 5.91 Å². The Morgan fingerprint density at radius 2 is 1.76 bits per heavy atom. The Labute approximate surface area is 211 Å². The molecule has 1 fully saturated rings. The molecule has 0 aliphatic carbocycles. The summed E-state index contributed by atoms with van der Waals surface area (Å²) in [5.74, 6) is 0.163. The lowest BCUT2D eigenvalue weighted by Gasteiger charge is -2.34. The van der Waals surface area contributed by atoms with Gasteiger partial charge in [-0.3, -0.25) is 14.4 Å². The molecular weight excluding hydrogens is 487 g/mol. The second-order valence-electron chi connectivity index (χ2n) is 9.03. The third-order valence-electron chi connectivity index (χ3n) is 6.49. The molecule has 1 aliphatic heterocycles. The van der Waals surface area contributed by atoms with Crippen LogP contribution in [0.3, 0.4) is 0 Å². The summed E-state index contributed by atoms with van der Waals surface area (Å²) < 4.78 is 49.4. The number of amides is 1. The summed E-state index contributed by atoms with van der Waals surface area (Å²) in [6.45, 7) is 4.86. The molecule has 0 atom stereocenters. The highest BCUT2D eigenvalue weighted by molar-refractivity contribution is 5.93. The Hall–Kier alpha value is -3.93. The van der Waals surface area contributed by atoms with Crippen molar-refractivity contribution in [2.75, 3.05) is 33.3 Å². The zero-order valence-corrected chi connectivity index (χ0v) is 20.7. The Morgan fingerprint density at radius 3 is 2.35 bits per heavy atom. The fourth-order valence-electron chi connectivity index (χ4n) is 4.51. The molecule has 9 nitrogen and oxygen atoms in total. The number of hydrogen-bond donors (Lipinski definition) is 0. The average Bonchev–Trinajstić information content (AvgIpc) is 3.44. The third-order valence-corrected chi connectivity index (χ3v) is 6.49. The number of aryl methyl sites for hydroxylation is 2. The molecule has 1 amide bonds. The van der Waals surface area contributed by atoms with Gasteiger partial charge in [0.1, 0.15) is 5.75 Å². The number of rotatable bonds is 5. The predicted molar refractivity (Wildman–Crippen MR) is 129 cm³/mol. The first-order chi connectivity index (χ1) is 17.6. The van der Waals surface area contributed by atoms with Gasteiger partial charge in [-0.15, -0.1) is 0 Å². The van der Waals surface area contributed by atoms with Crippen LogP contribution >= 0.6 is 0 Å². The number of fused-ring (bicyclic) bond motifs is 1. The van der Waals surface area contributed by atoms with Crippen LogP contribution < -0.4 is 4.74 Å². The normalized spacial score (nSPS) is 14.9. The smallest absolute Gasteiger partial charge is 0.433 e. The van der Waals surface area contributed by atoms with E-state index < -0.39 is 17.8 Å². The number of benzene rings is 1. The van der Waals surface area contributed by atoms with Crippen molar-refractivity contribution in [2.45, 2.75) is 19.6 Å². The monoisotopic (exact) mass is 513 g/mol. The number of carbonyl (C=O) groups is 1. The molecule has 1 saturated heterocycles. The summed E-state index contributed by atoms with van der Waals surface area (Å²) in [5, 5.41) is 8.38. The third kappa shape index (κ3) is 5.01. The van der Waals surface area contributed by atoms with Crippen molar-refractivity contribution >= 4 is 11.6 Å². The van der Waals surface area contributed by atoms with Crippen molar-refractivity contribution in [1.29, 1.82) is 0 Å². The van der Waals surface area contributed by atoms with E-state index in [1.54, 1.807) is 33.8 Å². The summed E-state index contributed by atoms with van der Waals surface area (Å²) in [6.07, 6.45) is -2.71. The molecule has 1 aliphatic rings. The van der Waals surface area contributed by atoms with Gasteiger partial charge in [0.05, 0.1) is 18.5 Å². The summed E-state index contributed by atoms with van der Waals surface area (Å²) in [4.78, 5) is 21.4. The maximum absolute atomic E-state index is 13.9. The van der Waals surface area contributed by atoms with Crippen molar-refractivity contribution in [3.8, 4) is 17.0 Å². The lowest BCUT2D eigenvalue weighted by atomic mass is 10.1. The number of hydrogen-bond acceptors (Lipinski definition) is 6. The highest BCUT2D eigenvalue weighted by Crippen LogP contribution is 2.33. The molecule has 4 aromatic rings. The number of piperazine rings is 1. The summed E-state index contributed by atoms with van der Waals surface area (Å²) >= 11 is 0. The van der Waals surface area contributed by atoms with E-state index >= 15 is 0 Å². The van der Waals surface area contributed by atoms with E-state index in [1.165, 1.54) is 13.2 Å². The van der Waals surface area contributed by atoms with Crippen LogP contribution in [0.4, 0.5) is 13.2 Å². The number of ether oxygens (including phenoxy) is 1. The maximum Gasteiger partial charge on any atom is 0.433 e. The minimum atomic E-state index is -4.69. The van der Waals surface area contributed by atoms with Crippen LogP contribution in [0.2, 0.25) is 0 Å². The fourth-order valence-corrected chi connectivity index (χ4v) is 4.51. The molecule has 0 saturated carbocycles. The number of carbonyl (C=O) groups excluding carboxylic acids is 1. The minimum Gasteiger partial charge on any atom is -0.497 e. The molecule has 0 spiro atoms. The van der Waals surface area contributed by atoms with Crippen LogP contribution in [0.1, 0.15) is 27.4 Å². The van der Waals surface area contributed by atoms with E-state index in [0.29, 0.717) is 42.0 Å². The van der Waals surface area contributed by atoms with Crippen molar-refractivity contribution < 1.29 is 22.7 Å². The maximum atomic E-state index is 13.9. The van der Waals surface area contributed by atoms with E-state index in [4.69, 9.17) is 4.74 Å². The minimum absolute atomic E-state index is 0.0466. The molecule has 37 heavy (non-hydrogen) atoms. The number of alkyl halides is 3. The second-order valence-corrected chi connectivity index (χ2v) is 9.03. The lowest BCUT2D eigenvalue weighted by Crippen LogP contribution is -2.48. The first-order valence-electron chi connectivity index (χ1n) is 11.8. The van der Waals surface area contributed by atoms with Gasteiger partial charge >= 0.3 is 6.18 Å². The Bertz CT molecular complexity index is 1440. The van der Waals surface area contributed by atoms with Gasteiger partial charge in [0.2, 0.25) is 0 Å². The van der Waals surface area contributed by atoms with E-state index in [-0.39, 0.29) is 17.0 Å². The zero-order valence-electron chi connectivity index (χ0n) is 20.7. The number of nitrogens with zero attached hydrogens (tertiary/aromatic N) is 7. The lowest BCUT2D eigenvalue weighted by molar-refractivity contribution is -0.142. The molecule has 0 radical (unpaired) electrons. The van der Waals surface area contributed by atoms with Crippen LogP contribution in [0.5, 0.6) is 5.75 Å². The second kappa shape index (κ2) is 9.51. The van der Waals surface area contributed by atoms with Crippen LogP contribution in [0, 0.1) is 6.92 Å². The summed E-state index contributed by atoms with van der Waals surface area (Å²) in [5.41, 5.74) is 1.59. The van der Waals surface area contributed by atoms with Gasteiger partial charge < -0.3 is 9.64 Å². The Balaban J connectivity index is 1.37. The number of aromatic nitrogens is 5. The van der Waals surface area contributed by atoms with Crippen LogP contribution in [0.15, 0.2) is 42.6 Å². The zero-order chi connectivity index (χ0) is 26.3. The van der Waals surface area contributed by atoms with E-state index in [9.17, 15) is 18.0 Å². The van der Waals surface area contributed by atoms with Gasteiger partial charge in [0.15, 0.2) is 17.0 Å². The van der Waals surface area contributed by atoms with Crippen molar-refractivity contribution in [2.24, 2.45) is 7.05 Å². The SMILES string of the molecule is COc1ccc(-c2cc(C(F)(F)F)n3nc(C(=O)N4CCN(Cc5cn(C)nc5C)CC4)cc3n2)cc1. The van der Waals surface area contributed by atoms with E-state index in [2.05, 4.69) is 20.1 Å². The van der Waals surface area contributed by atoms with Crippen molar-refractivity contribution in [3.63, 3.8) is 0 Å². The number of methoxy groups -OCH3 is 1. The van der Waals surface area contributed by atoms with E-state index in [0.717, 1.165) is 23.9 Å². The topological polar surface area (TPSA) is 80.8 Å². The molecular formula is C25H26F3N7O2. The highest BCUT2D eigenvalue weighted by atomic mass is 19.4. The van der Waals surface area contributed by atoms with Crippen molar-refractivity contribution in [3.05, 3.63) is 65.2 Å². The van der Waals surface area contributed by atoms with E-state index in [1.807, 2.05) is 20.2 Å². The molecule has 0 unspecified atom stereocenters. The highest BCUT2D eigenvalue weighted by Gasteiger charge is 2.36. The van der Waals surface area contributed by atoms with Gasteiger partial charge in [-0.25, -0.2) is 9.50 Å². The summed E-state index contributed by atoms with van der Waals surface area (Å²) in [7, 11) is 3.38. The molecule has 0 bridgehead atoms. The quantitative estimate of drug-likeness (QED) is 0.407. The number of halogens is 3. The molecule has 1 aromatic carbocycles. The van der Waals surface area contributed by atoms with Crippen LogP contribution in [-0.4, -0.2) is 73.4 Å². The molecule has 4 heterocycles. The standard InChI is InChI=1S/C25H26F3N7O2/c1-16-18(14-32(2)30-16)15-33-8-10-34(11-9-33)24(36)21-13-23-29-20(17-4-6-19(37-3)7-5-17)12-22(25(26,27)28)35(23)31-21/h4-7,12-14H,8-11,15H2,1-3H3. The summed E-state index contributed by atoms with van der Waals surface area (Å²) in [6, 6.07) is 8.81. The average molecular weight is 514 g/mol. The fraction of sp³-hybridized carbons (Fsp3) is 0.360. The molecule has 3 aromatic heterocycles. The predicted octanol–water partition coefficient (Wildman–Crippen LogP) is 3.42. The molecule has 194 valence electrons. The Kier molecular flexibility index (Phi) is 6.36. The van der Waals surface area contributed by atoms with Crippen LogP contribution in [0.25, 0.3) is 16.9 Å². The van der Waals surface area contributed by atoms with Gasteiger partial charge in [-0.1, -0.05) is 0 Å². The first kappa shape index (κ1) is 24.8. The van der Waals surface area contributed by atoms with Crippen molar-refractivity contribution in [1.82, 2.24) is 34.2 Å². The molecule has 5 rings (SSSR count). The molecule has 12 heteroatoms. The van der Waals surface area contributed by atoms with Gasteiger partial charge in [-0.05, 0) is 37.3 Å². The Morgan fingerprint density at radius 1 is 1.05 bits per heavy atom. The van der Waals surface area contributed by atoms with Gasteiger partial charge in [-0.2, -0.15) is 23.4 Å². The first-order valence-corrected chi connectivity index (χ1v) is 11.8. The largest absolute Gasteiger partial charge is 0.497 e. The van der Waals surface area contributed by atoms with Gasteiger partial charge in [0, 0.05) is 63.2 Å². The molecule has 0 N–H and O–H groups in total.